The first-order valence-corrected chi connectivity index (χ1v) is 6.01. The maximum atomic E-state index is 4.41. The molecule has 0 fully saturated rings. The topological polar surface area (TPSA) is 58.5 Å². The molecule has 0 spiro atoms. The third kappa shape index (κ3) is 2.74. The first-order valence-electron chi connectivity index (χ1n) is 6.01. The van der Waals surface area contributed by atoms with Crippen LogP contribution in [-0.2, 0) is 13.0 Å². The van der Waals surface area contributed by atoms with E-state index in [1.807, 2.05) is 25.6 Å². The van der Waals surface area contributed by atoms with Crippen LogP contribution >= 0.6 is 0 Å². The highest BCUT2D eigenvalue weighted by Crippen LogP contribution is 2.13. The molecule has 2 aromatic rings. The minimum absolute atomic E-state index is 0.183. The van der Waals surface area contributed by atoms with Crippen LogP contribution in [0.25, 0.3) is 0 Å². The molecule has 0 amide bonds. The number of hydrogen-bond acceptors (Lipinski definition) is 3. The smallest absolute Gasteiger partial charge is 0.123 e. The van der Waals surface area contributed by atoms with Gasteiger partial charge in [0.1, 0.15) is 11.6 Å². The molecule has 2 N–H and O–H groups in total. The summed E-state index contributed by atoms with van der Waals surface area (Å²) in [6.45, 7) is 3.19. The third-order valence-corrected chi connectivity index (χ3v) is 2.85. The van der Waals surface area contributed by atoms with Gasteiger partial charge in [0.15, 0.2) is 0 Å². The van der Waals surface area contributed by atoms with E-state index < -0.39 is 0 Å². The second-order valence-electron chi connectivity index (χ2n) is 4.06. The lowest BCUT2D eigenvalue weighted by atomic mass is 10.2. The zero-order chi connectivity index (χ0) is 12.1. The van der Waals surface area contributed by atoms with Crippen LogP contribution in [0.2, 0.25) is 0 Å². The van der Waals surface area contributed by atoms with E-state index in [9.17, 15) is 0 Å². The standard InChI is InChI=1S/C12H19N5/c1-3-7-17-8-6-14-11(17)9-10(13-2)12-15-4-5-16-12/h4-6,8,10,13H,3,7,9H2,1-2H3,(H,15,16). The van der Waals surface area contributed by atoms with Gasteiger partial charge in [0.05, 0.1) is 6.04 Å². The third-order valence-electron chi connectivity index (χ3n) is 2.85. The lowest BCUT2D eigenvalue weighted by Gasteiger charge is -2.14. The monoisotopic (exact) mass is 233 g/mol. The molecular weight excluding hydrogens is 214 g/mol. The van der Waals surface area contributed by atoms with Gasteiger partial charge in [0.2, 0.25) is 0 Å². The summed E-state index contributed by atoms with van der Waals surface area (Å²) in [5, 5.41) is 3.26. The zero-order valence-corrected chi connectivity index (χ0v) is 10.3. The number of rotatable bonds is 6. The van der Waals surface area contributed by atoms with Gasteiger partial charge in [-0.1, -0.05) is 6.92 Å². The first-order chi connectivity index (χ1) is 8.35. The molecule has 0 saturated heterocycles. The van der Waals surface area contributed by atoms with E-state index in [1.165, 1.54) is 0 Å². The first kappa shape index (κ1) is 11.9. The number of nitrogens with zero attached hydrogens (tertiary/aromatic N) is 3. The molecule has 0 bridgehead atoms. The minimum Gasteiger partial charge on any atom is -0.347 e. The van der Waals surface area contributed by atoms with Crippen molar-refractivity contribution in [3.63, 3.8) is 0 Å². The van der Waals surface area contributed by atoms with Crippen molar-refractivity contribution in [3.05, 3.63) is 36.4 Å². The Bertz CT molecular complexity index is 431. The van der Waals surface area contributed by atoms with Gasteiger partial charge in [0.25, 0.3) is 0 Å². The van der Waals surface area contributed by atoms with Crippen LogP contribution in [0.4, 0.5) is 0 Å². The Morgan fingerprint density at radius 3 is 2.94 bits per heavy atom. The molecule has 0 aliphatic carbocycles. The summed E-state index contributed by atoms with van der Waals surface area (Å²) in [5.74, 6) is 2.06. The molecular formula is C12H19N5. The SMILES string of the molecule is CCCn1ccnc1CC(NC)c1ncc[nH]1. The van der Waals surface area contributed by atoms with Crippen molar-refractivity contribution in [1.29, 1.82) is 0 Å². The average Bonchev–Trinajstić information content (AvgIpc) is 2.97. The van der Waals surface area contributed by atoms with E-state index in [-0.39, 0.29) is 6.04 Å². The van der Waals surface area contributed by atoms with Crippen molar-refractivity contribution in [1.82, 2.24) is 24.8 Å². The summed E-state index contributed by atoms with van der Waals surface area (Å²) in [6.07, 6.45) is 9.48. The van der Waals surface area contributed by atoms with Crippen molar-refractivity contribution in [3.8, 4) is 0 Å². The van der Waals surface area contributed by atoms with Crippen LogP contribution in [0.5, 0.6) is 0 Å². The van der Waals surface area contributed by atoms with Gasteiger partial charge in [-0.15, -0.1) is 0 Å². The van der Waals surface area contributed by atoms with E-state index in [0.29, 0.717) is 0 Å². The van der Waals surface area contributed by atoms with E-state index in [4.69, 9.17) is 0 Å². The van der Waals surface area contributed by atoms with Crippen LogP contribution in [0.15, 0.2) is 24.8 Å². The van der Waals surface area contributed by atoms with Crippen molar-refractivity contribution in [2.75, 3.05) is 7.05 Å². The highest BCUT2D eigenvalue weighted by Gasteiger charge is 2.15. The number of nitrogens with one attached hydrogen (secondary N) is 2. The maximum absolute atomic E-state index is 4.41. The molecule has 1 unspecified atom stereocenters. The van der Waals surface area contributed by atoms with Crippen molar-refractivity contribution >= 4 is 0 Å². The summed E-state index contributed by atoms with van der Waals surface area (Å²) in [6, 6.07) is 0.183. The van der Waals surface area contributed by atoms with Gasteiger partial charge in [-0.2, -0.15) is 0 Å². The van der Waals surface area contributed by atoms with Crippen molar-refractivity contribution < 1.29 is 0 Å². The van der Waals surface area contributed by atoms with E-state index in [0.717, 1.165) is 31.0 Å². The second kappa shape index (κ2) is 5.63. The Morgan fingerprint density at radius 1 is 1.41 bits per heavy atom. The summed E-state index contributed by atoms with van der Waals surface area (Å²) in [4.78, 5) is 11.8. The van der Waals surface area contributed by atoms with Gasteiger partial charge in [-0.05, 0) is 13.5 Å². The number of aromatic amines is 1. The molecule has 2 rings (SSSR count). The number of aromatic nitrogens is 4. The van der Waals surface area contributed by atoms with E-state index >= 15 is 0 Å². The molecule has 92 valence electrons. The molecule has 0 saturated carbocycles. The number of H-pyrrole nitrogens is 1. The van der Waals surface area contributed by atoms with Gasteiger partial charge in [-0.3, -0.25) is 0 Å². The van der Waals surface area contributed by atoms with Crippen molar-refractivity contribution in [2.24, 2.45) is 0 Å². The van der Waals surface area contributed by atoms with Crippen LogP contribution in [0.3, 0.4) is 0 Å². The molecule has 17 heavy (non-hydrogen) atoms. The van der Waals surface area contributed by atoms with Crippen LogP contribution in [-0.4, -0.2) is 26.6 Å². The number of aryl methyl sites for hydroxylation is 1. The van der Waals surface area contributed by atoms with Crippen LogP contribution in [0.1, 0.15) is 31.0 Å². The molecule has 0 aliphatic heterocycles. The fourth-order valence-corrected chi connectivity index (χ4v) is 1.96. The number of hydrogen-bond donors (Lipinski definition) is 2. The molecule has 2 aromatic heterocycles. The molecule has 5 nitrogen and oxygen atoms in total. The van der Waals surface area contributed by atoms with E-state index in [1.54, 1.807) is 6.20 Å². The predicted octanol–water partition coefficient (Wildman–Crippen LogP) is 1.52. The quantitative estimate of drug-likeness (QED) is 0.795. The van der Waals surface area contributed by atoms with Gasteiger partial charge in [-0.25, -0.2) is 9.97 Å². The second-order valence-corrected chi connectivity index (χ2v) is 4.06. The number of imidazole rings is 2. The molecule has 5 heteroatoms. The Hall–Kier alpha value is -1.62. The summed E-state index contributed by atoms with van der Waals surface area (Å²) < 4.78 is 2.20. The predicted molar refractivity (Wildman–Crippen MR) is 66.6 cm³/mol. The Kier molecular flexibility index (Phi) is 3.93. The summed E-state index contributed by atoms with van der Waals surface area (Å²) in [7, 11) is 1.94. The Balaban J connectivity index is 2.10. The van der Waals surface area contributed by atoms with Crippen LogP contribution < -0.4 is 5.32 Å². The van der Waals surface area contributed by atoms with E-state index in [2.05, 4.69) is 31.8 Å². The fourth-order valence-electron chi connectivity index (χ4n) is 1.96. The zero-order valence-electron chi connectivity index (χ0n) is 10.3. The van der Waals surface area contributed by atoms with Gasteiger partial charge in [0, 0.05) is 37.8 Å². The Morgan fingerprint density at radius 2 is 2.29 bits per heavy atom. The fraction of sp³-hybridized carbons (Fsp3) is 0.500. The van der Waals surface area contributed by atoms with Crippen molar-refractivity contribution in [2.45, 2.75) is 32.4 Å². The normalized spacial score (nSPS) is 12.8. The molecule has 1 atom stereocenters. The highest BCUT2D eigenvalue weighted by atomic mass is 15.1. The highest BCUT2D eigenvalue weighted by molar-refractivity contribution is 5.02. The minimum atomic E-state index is 0.183. The molecule has 0 aliphatic rings. The van der Waals surface area contributed by atoms with Gasteiger partial charge < -0.3 is 14.9 Å². The lowest BCUT2D eigenvalue weighted by molar-refractivity contribution is 0.524. The Labute approximate surface area is 101 Å². The molecule has 0 radical (unpaired) electrons. The summed E-state index contributed by atoms with van der Waals surface area (Å²) >= 11 is 0. The lowest BCUT2D eigenvalue weighted by Crippen LogP contribution is -2.22. The molecule has 2 heterocycles. The maximum Gasteiger partial charge on any atom is 0.123 e. The number of likely N-dealkylation sites (N-methyl/N-ethyl adjacent to an activating group) is 1. The largest absolute Gasteiger partial charge is 0.347 e. The van der Waals surface area contributed by atoms with Crippen LogP contribution in [0, 0.1) is 0 Å². The average molecular weight is 233 g/mol. The molecule has 0 aromatic carbocycles. The summed E-state index contributed by atoms with van der Waals surface area (Å²) in [5.41, 5.74) is 0. The van der Waals surface area contributed by atoms with Gasteiger partial charge >= 0.3 is 0 Å².